The number of rotatable bonds is 2. The van der Waals surface area contributed by atoms with E-state index in [0.717, 1.165) is 6.54 Å². The maximum Gasteiger partial charge on any atom is 0.0678 e. The second kappa shape index (κ2) is 2.46. The summed E-state index contributed by atoms with van der Waals surface area (Å²) >= 11 is 0. The van der Waals surface area contributed by atoms with Crippen LogP contribution < -0.4 is 5.73 Å². The van der Waals surface area contributed by atoms with E-state index in [1.54, 1.807) is 0 Å². The Morgan fingerprint density at radius 1 is 1.45 bits per heavy atom. The van der Waals surface area contributed by atoms with Gasteiger partial charge in [0, 0.05) is 18.4 Å². The van der Waals surface area contributed by atoms with Crippen LogP contribution in [0.5, 0.6) is 0 Å². The van der Waals surface area contributed by atoms with Crippen LogP contribution in [0, 0.1) is 11.3 Å². The lowest BCUT2D eigenvalue weighted by Gasteiger charge is -2.05. The van der Waals surface area contributed by atoms with Crippen molar-refractivity contribution in [2.45, 2.75) is 31.8 Å². The van der Waals surface area contributed by atoms with E-state index in [2.05, 4.69) is 0 Å². The fourth-order valence-electron chi connectivity index (χ4n) is 2.98. The molecule has 0 aromatic heterocycles. The third-order valence-electron chi connectivity index (χ3n) is 3.60. The van der Waals surface area contributed by atoms with Gasteiger partial charge in [0.1, 0.15) is 0 Å². The zero-order chi connectivity index (χ0) is 7.90. The van der Waals surface area contributed by atoms with E-state index < -0.39 is 0 Å². The maximum absolute atomic E-state index is 5.67. The first-order valence-electron chi connectivity index (χ1n) is 4.58. The fourth-order valence-corrected chi connectivity index (χ4v) is 2.98. The molecule has 64 valence electrons. The Morgan fingerprint density at radius 2 is 2.09 bits per heavy atom. The van der Waals surface area contributed by atoms with E-state index in [-0.39, 0.29) is 0 Å². The third kappa shape index (κ3) is 0.859. The molecule has 2 nitrogen and oxygen atoms in total. The van der Waals surface area contributed by atoms with Gasteiger partial charge < -0.3 is 10.5 Å². The fraction of sp³-hybridized carbons (Fsp3) is 1.00. The molecule has 0 unspecified atom stereocenters. The Morgan fingerprint density at radius 3 is 2.45 bits per heavy atom. The van der Waals surface area contributed by atoms with Gasteiger partial charge in [0.15, 0.2) is 0 Å². The minimum Gasteiger partial charge on any atom is -0.381 e. The van der Waals surface area contributed by atoms with Gasteiger partial charge in [-0.25, -0.2) is 0 Å². The SMILES string of the molecule is CO[C@@H]1[C@@H](CN)C12CCCC2. The summed E-state index contributed by atoms with van der Waals surface area (Å²) in [4.78, 5) is 0. The largest absolute Gasteiger partial charge is 0.381 e. The summed E-state index contributed by atoms with van der Waals surface area (Å²) in [5, 5.41) is 0. The molecule has 0 heterocycles. The van der Waals surface area contributed by atoms with Gasteiger partial charge in [-0.15, -0.1) is 0 Å². The van der Waals surface area contributed by atoms with Crippen molar-refractivity contribution in [3.05, 3.63) is 0 Å². The quantitative estimate of drug-likeness (QED) is 0.649. The molecule has 2 N–H and O–H groups in total. The molecule has 0 aliphatic heterocycles. The van der Waals surface area contributed by atoms with E-state index in [1.165, 1.54) is 25.7 Å². The first kappa shape index (κ1) is 7.56. The molecule has 1 spiro atoms. The topological polar surface area (TPSA) is 35.2 Å². The summed E-state index contributed by atoms with van der Waals surface area (Å²) in [5.74, 6) is 0.676. The van der Waals surface area contributed by atoms with E-state index in [0.29, 0.717) is 17.4 Å². The molecule has 2 fully saturated rings. The number of nitrogens with two attached hydrogens (primary N) is 1. The minimum atomic E-state index is 0.495. The molecule has 0 bridgehead atoms. The maximum atomic E-state index is 5.67. The van der Waals surface area contributed by atoms with Crippen molar-refractivity contribution in [1.29, 1.82) is 0 Å². The zero-order valence-corrected chi connectivity index (χ0v) is 7.18. The van der Waals surface area contributed by atoms with Crippen molar-refractivity contribution in [2.24, 2.45) is 17.1 Å². The Bertz CT molecular complexity index is 140. The van der Waals surface area contributed by atoms with Crippen LogP contribution in [-0.4, -0.2) is 19.8 Å². The van der Waals surface area contributed by atoms with E-state index >= 15 is 0 Å². The molecule has 0 aromatic rings. The highest BCUT2D eigenvalue weighted by Gasteiger charge is 2.64. The molecule has 11 heavy (non-hydrogen) atoms. The van der Waals surface area contributed by atoms with Crippen LogP contribution in [0.3, 0.4) is 0 Å². The highest BCUT2D eigenvalue weighted by Crippen LogP contribution is 2.63. The van der Waals surface area contributed by atoms with E-state index in [1.807, 2.05) is 7.11 Å². The smallest absolute Gasteiger partial charge is 0.0678 e. The lowest BCUT2D eigenvalue weighted by Crippen LogP contribution is -2.07. The van der Waals surface area contributed by atoms with Gasteiger partial charge in [-0.05, 0) is 19.4 Å². The van der Waals surface area contributed by atoms with E-state index in [4.69, 9.17) is 10.5 Å². The summed E-state index contributed by atoms with van der Waals surface area (Å²) in [6.07, 6.45) is 5.98. The molecule has 2 saturated carbocycles. The van der Waals surface area contributed by atoms with Gasteiger partial charge in [0.05, 0.1) is 6.10 Å². The first-order chi connectivity index (χ1) is 5.35. The van der Waals surface area contributed by atoms with Crippen molar-refractivity contribution in [3.8, 4) is 0 Å². The molecule has 2 rings (SSSR count). The number of hydrogen-bond donors (Lipinski definition) is 1. The number of hydrogen-bond acceptors (Lipinski definition) is 2. The normalized spacial score (nSPS) is 39.8. The first-order valence-corrected chi connectivity index (χ1v) is 4.58. The summed E-state index contributed by atoms with van der Waals surface area (Å²) < 4.78 is 5.42. The molecule has 2 aliphatic rings. The predicted octanol–water partition coefficient (Wildman–Crippen LogP) is 1.15. The monoisotopic (exact) mass is 155 g/mol. The van der Waals surface area contributed by atoms with Crippen molar-refractivity contribution >= 4 is 0 Å². The summed E-state index contributed by atoms with van der Waals surface area (Å²) in [5.41, 5.74) is 6.21. The van der Waals surface area contributed by atoms with Crippen LogP contribution in [0.2, 0.25) is 0 Å². The molecule has 2 aliphatic carbocycles. The van der Waals surface area contributed by atoms with E-state index in [9.17, 15) is 0 Å². The standard InChI is InChI=1S/C9H17NO/c1-11-8-7(6-10)9(8)4-2-3-5-9/h7-8H,2-6,10H2,1H3/t7-,8-/m1/s1. The van der Waals surface area contributed by atoms with Gasteiger partial charge in [-0.3, -0.25) is 0 Å². The molecule has 0 amide bonds. The molecule has 2 heteroatoms. The van der Waals surface area contributed by atoms with Gasteiger partial charge in [0.25, 0.3) is 0 Å². The molecule has 0 saturated heterocycles. The van der Waals surface area contributed by atoms with Crippen LogP contribution in [0.15, 0.2) is 0 Å². The average molecular weight is 155 g/mol. The van der Waals surface area contributed by atoms with Gasteiger partial charge in [-0.2, -0.15) is 0 Å². The van der Waals surface area contributed by atoms with Gasteiger partial charge in [0.2, 0.25) is 0 Å². The molecule has 2 atom stereocenters. The Kier molecular flexibility index (Phi) is 1.69. The Balaban J connectivity index is 2.04. The lowest BCUT2D eigenvalue weighted by atomic mass is 10.0. The average Bonchev–Trinajstić information content (AvgIpc) is 2.39. The summed E-state index contributed by atoms with van der Waals surface area (Å²) in [7, 11) is 1.82. The van der Waals surface area contributed by atoms with Gasteiger partial charge >= 0.3 is 0 Å². The number of ether oxygens (including phenoxy) is 1. The minimum absolute atomic E-state index is 0.495. The predicted molar refractivity (Wildman–Crippen MR) is 44.2 cm³/mol. The van der Waals surface area contributed by atoms with Crippen molar-refractivity contribution in [2.75, 3.05) is 13.7 Å². The van der Waals surface area contributed by atoms with Crippen LogP contribution in [0.1, 0.15) is 25.7 Å². The van der Waals surface area contributed by atoms with Gasteiger partial charge in [-0.1, -0.05) is 12.8 Å². The Hall–Kier alpha value is -0.0800. The van der Waals surface area contributed by atoms with Crippen LogP contribution >= 0.6 is 0 Å². The van der Waals surface area contributed by atoms with Crippen LogP contribution in [0.25, 0.3) is 0 Å². The molecular weight excluding hydrogens is 138 g/mol. The highest BCUT2D eigenvalue weighted by atomic mass is 16.5. The van der Waals surface area contributed by atoms with Crippen LogP contribution in [0.4, 0.5) is 0 Å². The van der Waals surface area contributed by atoms with Crippen molar-refractivity contribution in [1.82, 2.24) is 0 Å². The number of methoxy groups -OCH3 is 1. The molecule has 0 aromatic carbocycles. The van der Waals surface area contributed by atoms with Crippen molar-refractivity contribution < 1.29 is 4.74 Å². The molecule has 0 radical (unpaired) electrons. The summed E-state index contributed by atoms with van der Waals surface area (Å²) in [6.45, 7) is 0.818. The molecular formula is C9H17NO. The Labute approximate surface area is 68.1 Å². The van der Waals surface area contributed by atoms with Crippen molar-refractivity contribution in [3.63, 3.8) is 0 Å². The third-order valence-corrected chi connectivity index (χ3v) is 3.60. The zero-order valence-electron chi connectivity index (χ0n) is 7.18. The second-order valence-corrected chi connectivity index (χ2v) is 3.94. The van der Waals surface area contributed by atoms with Crippen LogP contribution in [-0.2, 0) is 4.74 Å². The summed E-state index contributed by atoms with van der Waals surface area (Å²) in [6, 6.07) is 0. The highest BCUT2D eigenvalue weighted by molar-refractivity contribution is 5.14. The lowest BCUT2D eigenvalue weighted by molar-refractivity contribution is 0.141. The second-order valence-electron chi connectivity index (χ2n) is 3.94.